The van der Waals surface area contributed by atoms with Gasteiger partial charge in [0.2, 0.25) is 0 Å². The van der Waals surface area contributed by atoms with Crippen molar-refractivity contribution in [3.63, 3.8) is 0 Å². The minimum absolute atomic E-state index is 0. The van der Waals surface area contributed by atoms with E-state index in [4.69, 9.17) is 11.0 Å². The van der Waals surface area contributed by atoms with Crippen molar-refractivity contribution in [2.45, 2.75) is 25.7 Å². The Balaban J connectivity index is -0.000000333. The normalized spacial score (nSPS) is 17.8. The molecule has 1 radical (unpaired) electrons. The molecule has 3 nitrogen and oxygen atoms in total. The molecule has 0 unspecified atom stereocenters. The molecule has 1 fully saturated rings. The van der Waals surface area contributed by atoms with Crippen molar-refractivity contribution >= 4 is 8.37 Å². The van der Waals surface area contributed by atoms with Gasteiger partial charge in [-0.2, -0.15) is 0 Å². The van der Waals surface area contributed by atoms with E-state index in [-0.39, 0.29) is 65.0 Å². The third-order valence-electron chi connectivity index (χ3n) is 1.91. The third kappa shape index (κ3) is 9.23. The monoisotopic (exact) mass is 478 g/mol. The predicted octanol–water partition coefficient (Wildman–Crippen LogP) is -4.99. The number of hydrogen-bond donors (Lipinski definition) is 2. The zero-order chi connectivity index (χ0) is 7.40. The third-order valence-corrected chi connectivity index (χ3v) is 2.96. The first-order valence-corrected chi connectivity index (χ1v) is 5.28. The van der Waals surface area contributed by atoms with Gasteiger partial charge in [0.1, 0.15) is 8.37 Å². The average Bonchev–Trinajstić information content (AvgIpc) is 2.12. The van der Waals surface area contributed by atoms with Crippen LogP contribution in [0.15, 0.2) is 0 Å². The molecule has 1 saturated heterocycles. The topological polar surface area (TPSA) is 55.3 Å². The molecule has 85 valence electrons. The van der Waals surface area contributed by atoms with Crippen molar-refractivity contribution in [2.75, 3.05) is 13.1 Å². The van der Waals surface area contributed by atoms with Gasteiger partial charge < -0.3 is 48.0 Å². The summed E-state index contributed by atoms with van der Waals surface area (Å²) in [6, 6.07) is 0. The van der Waals surface area contributed by atoms with Crippen LogP contribution in [0.3, 0.4) is 0 Å². The largest absolute Gasteiger partial charge is 2.00 e. The summed E-state index contributed by atoms with van der Waals surface area (Å²) in [6.07, 6.45) is 5.24. The van der Waals surface area contributed by atoms with Gasteiger partial charge >= 0.3 is 17.1 Å². The number of nitrogens with zero attached hydrogens (tertiary/aromatic N) is 1. The van der Waals surface area contributed by atoms with E-state index in [2.05, 4.69) is 4.67 Å². The molecule has 1 heterocycles. The molecule has 0 aromatic heterocycles. The van der Waals surface area contributed by atoms with Gasteiger partial charge in [-0.15, -0.1) is 0 Å². The van der Waals surface area contributed by atoms with Crippen LogP contribution in [0.2, 0.25) is 0 Å². The summed E-state index contributed by atoms with van der Waals surface area (Å²) in [6.45, 7) is 2.22. The Morgan fingerprint density at radius 1 is 0.846 bits per heavy atom. The minimum atomic E-state index is -0.802. The SMILES string of the molecule is NP(N)N1CCCCCC1.[Cu+2].[I-].[I-]. The summed E-state index contributed by atoms with van der Waals surface area (Å²) in [4.78, 5) is 0. The van der Waals surface area contributed by atoms with Crippen LogP contribution in [-0.2, 0) is 17.1 Å². The molecule has 4 N–H and O–H groups in total. The van der Waals surface area contributed by atoms with E-state index in [0.29, 0.717) is 0 Å². The van der Waals surface area contributed by atoms with Gasteiger partial charge in [-0.05, 0) is 12.8 Å². The smallest absolute Gasteiger partial charge is 1.00 e. The molecule has 0 spiro atoms. The van der Waals surface area contributed by atoms with Crippen LogP contribution in [0.1, 0.15) is 25.7 Å². The van der Waals surface area contributed by atoms with Gasteiger partial charge in [0.25, 0.3) is 0 Å². The van der Waals surface area contributed by atoms with Crippen molar-refractivity contribution in [2.24, 2.45) is 11.0 Å². The van der Waals surface area contributed by atoms with Crippen molar-refractivity contribution < 1.29 is 65.0 Å². The summed E-state index contributed by atoms with van der Waals surface area (Å²) >= 11 is 0. The van der Waals surface area contributed by atoms with Crippen molar-refractivity contribution in [3.8, 4) is 0 Å². The van der Waals surface area contributed by atoms with Gasteiger partial charge in [-0.3, -0.25) is 15.7 Å². The number of hydrogen-bond acceptors (Lipinski definition) is 3. The van der Waals surface area contributed by atoms with Crippen LogP contribution >= 0.6 is 8.37 Å². The molecule has 7 heteroatoms. The Kier molecular flexibility index (Phi) is 19.7. The van der Waals surface area contributed by atoms with E-state index in [9.17, 15) is 0 Å². The molecule has 0 saturated carbocycles. The quantitative estimate of drug-likeness (QED) is 0.226. The second-order valence-electron chi connectivity index (χ2n) is 2.75. The van der Waals surface area contributed by atoms with E-state index in [1.165, 1.54) is 25.7 Å². The zero-order valence-corrected chi connectivity index (χ0v) is 13.5. The molecule has 1 aliphatic heterocycles. The molecular formula is C6H16CuI2N3P. The van der Waals surface area contributed by atoms with Crippen LogP contribution in [0.25, 0.3) is 0 Å². The summed E-state index contributed by atoms with van der Waals surface area (Å²) in [5, 5.41) is 0. The average molecular weight is 479 g/mol. The summed E-state index contributed by atoms with van der Waals surface area (Å²) in [5.41, 5.74) is 11.2. The summed E-state index contributed by atoms with van der Waals surface area (Å²) < 4.78 is 2.21. The maximum Gasteiger partial charge on any atom is 2.00 e. The molecule has 0 aromatic rings. The van der Waals surface area contributed by atoms with Gasteiger partial charge in [-0.1, -0.05) is 12.8 Å². The molecule has 1 aliphatic rings. The molecule has 0 atom stereocenters. The molecule has 0 aliphatic carbocycles. The number of halogens is 2. The Labute approximate surface area is 127 Å². The van der Waals surface area contributed by atoms with Crippen molar-refractivity contribution in [3.05, 3.63) is 0 Å². The minimum Gasteiger partial charge on any atom is -1.00 e. The number of nitrogens with two attached hydrogens (primary N) is 2. The summed E-state index contributed by atoms with van der Waals surface area (Å²) in [5.74, 6) is 0. The number of rotatable bonds is 1. The van der Waals surface area contributed by atoms with E-state index < -0.39 is 8.37 Å². The Morgan fingerprint density at radius 3 is 1.54 bits per heavy atom. The van der Waals surface area contributed by atoms with Gasteiger partial charge in [0, 0.05) is 13.1 Å². The Bertz CT molecular complexity index is 102. The first-order valence-electron chi connectivity index (χ1n) is 3.85. The van der Waals surface area contributed by atoms with Crippen molar-refractivity contribution in [1.29, 1.82) is 0 Å². The predicted molar refractivity (Wildman–Crippen MR) is 45.3 cm³/mol. The zero-order valence-electron chi connectivity index (χ0n) is 7.35. The second-order valence-corrected chi connectivity index (χ2v) is 4.07. The van der Waals surface area contributed by atoms with Gasteiger partial charge in [0.15, 0.2) is 0 Å². The molecular weight excluding hydrogens is 462 g/mol. The van der Waals surface area contributed by atoms with Crippen LogP contribution in [0, 0.1) is 0 Å². The molecule has 0 aromatic carbocycles. The van der Waals surface area contributed by atoms with Crippen LogP contribution < -0.4 is 59.0 Å². The fourth-order valence-electron chi connectivity index (χ4n) is 1.28. The fourth-order valence-corrected chi connectivity index (χ4v) is 2.03. The van der Waals surface area contributed by atoms with E-state index >= 15 is 0 Å². The maximum absolute atomic E-state index is 5.61. The molecule has 0 amide bonds. The molecule has 0 bridgehead atoms. The van der Waals surface area contributed by atoms with Crippen molar-refractivity contribution in [1.82, 2.24) is 4.67 Å². The van der Waals surface area contributed by atoms with Crippen LogP contribution in [0.5, 0.6) is 0 Å². The molecule has 1 rings (SSSR count). The Hall–Kier alpha value is 2.29. The standard InChI is InChI=1S/C6H16N3P.Cu.2HI/c7-10(8)9-5-3-1-2-4-6-9;;;/h1-8H2;;2*1H/q;+2;;/p-2. The van der Waals surface area contributed by atoms with E-state index in [1.54, 1.807) is 0 Å². The maximum atomic E-state index is 5.61. The van der Waals surface area contributed by atoms with E-state index in [1.807, 2.05) is 0 Å². The first kappa shape index (κ1) is 20.7. The van der Waals surface area contributed by atoms with Gasteiger partial charge in [-0.25, -0.2) is 0 Å². The Morgan fingerprint density at radius 2 is 1.23 bits per heavy atom. The van der Waals surface area contributed by atoms with Crippen LogP contribution in [0.4, 0.5) is 0 Å². The van der Waals surface area contributed by atoms with E-state index in [0.717, 1.165) is 13.1 Å². The van der Waals surface area contributed by atoms with Crippen LogP contribution in [-0.4, -0.2) is 17.8 Å². The fraction of sp³-hybridized carbons (Fsp3) is 1.00. The molecule has 13 heavy (non-hydrogen) atoms. The first-order chi connectivity index (χ1) is 4.80. The van der Waals surface area contributed by atoms with Gasteiger partial charge in [0.05, 0.1) is 0 Å². The summed E-state index contributed by atoms with van der Waals surface area (Å²) in [7, 11) is -0.802. The second kappa shape index (κ2) is 12.4.